The molecule has 0 unspecified atom stereocenters. The first-order valence-corrected chi connectivity index (χ1v) is 6.26. The first-order chi connectivity index (χ1) is 8.79. The predicted molar refractivity (Wildman–Crippen MR) is 75.5 cm³/mol. The second-order valence-electron chi connectivity index (χ2n) is 5.10. The number of allylic oxidation sites excluding steroid dienone is 1. The van der Waals surface area contributed by atoms with Crippen LogP contribution in [0, 0.1) is 0 Å². The van der Waals surface area contributed by atoms with Gasteiger partial charge in [-0.05, 0) is 24.1 Å². The minimum Gasteiger partial charge on any atom is -0.251 e. The van der Waals surface area contributed by atoms with E-state index in [4.69, 9.17) is 4.99 Å². The second-order valence-corrected chi connectivity index (χ2v) is 5.10. The van der Waals surface area contributed by atoms with Crippen molar-refractivity contribution in [3.05, 3.63) is 71.3 Å². The Labute approximate surface area is 107 Å². The number of nitrogens with zero attached hydrogens (tertiary/aromatic N) is 1. The van der Waals surface area contributed by atoms with E-state index >= 15 is 0 Å². The highest BCUT2D eigenvalue weighted by atomic mass is 14.8. The largest absolute Gasteiger partial charge is 0.251 e. The predicted octanol–water partition coefficient (Wildman–Crippen LogP) is 4.11. The Bertz CT molecular complexity index is 709. The number of aliphatic imine (C=N–C) groups is 1. The minimum absolute atomic E-state index is 0.0645. The van der Waals surface area contributed by atoms with Crippen LogP contribution >= 0.6 is 0 Å². The zero-order chi connectivity index (χ0) is 12.2. The first kappa shape index (κ1) is 9.84. The zero-order valence-electron chi connectivity index (χ0n) is 10.2. The molecule has 0 spiro atoms. The normalized spacial score (nSPS) is 23.1. The van der Waals surface area contributed by atoms with Crippen LogP contribution in [0.25, 0.3) is 6.08 Å². The number of benzene rings is 2. The van der Waals surface area contributed by atoms with Gasteiger partial charge in [-0.1, -0.05) is 54.6 Å². The van der Waals surface area contributed by atoms with E-state index in [0.29, 0.717) is 0 Å². The van der Waals surface area contributed by atoms with Crippen molar-refractivity contribution in [1.82, 2.24) is 0 Å². The lowest BCUT2D eigenvalue weighted by atomic mass is 9.73. The summed E-state index contributed by atoms with van der Waals surface area (Å²) in [7, 11) is 0. The Kier molecular flexibility index (Phi) is 1.75. The highest BCUT2D eigenvalue weighted by Crippen LogP contribution is 2.45. The molecule has 0 N–H and O–H groups in total. The lowest BCUT2D eigenvalue weighted by Crippen LogP contribution is -2.30. The molecule has 1 aliphatic heterocycles. The molecule has 2 aromatic carbocycles. The molecule has 1 heterocycles. The van der Waals surface area contributed by atoms with Crippen molar-refractivity contribution in [3.63, 3.8) is 0 Å². The van der Waals surface area contributed by atoms with Crippen molar-refractivity contribution in [3.8, 4) is 0 Å². The van der Waals surface area contributed by atoms with E-state index < -0.39 is 0 Å². The van der Waals surface area contributed by atoms with Crippen molar-refractivity contribution in [2.45, 2.75) is 12.3 Å². The molecule has 1 nitrogen and oxygen atoms in total. The van der Waals surface area contributed by atoms with Crippen molar-refractivity contribution in [2.24, 2.45) is 4.99 Å². The summed E-state index contributed by atoms with van der Waals surface area (Å²) in [6, 6.07) is 16.9. The van der Waals surface area contributed by atoms with Gasteiger partial charge in [0.05, 0.1) is 16.8 Å². The fraction of sp³-hybridized carbons (Fsp3) is 0.118. The molecule has 1 aliphatic carbocycles. The van der Waals surface area contributed by atoms with Gasteiger partial charge in [0.15, 0.2) is 0 Å². The summed E-state index contributed by atoms with van der Waals surface area (Å²) in [5, 5.41) is 0. The fourth-order valence-electron chi connectivity index (χ4n) is 3.00. The van der Waals surface area contributed by atoms with Crippen LogP contribution in [0.4, 0.5) is 5.69 Å². The first-order valence-electron chi connectivity index (χ1n) is 6.26. The van der Waals surface area contributed by atoms with E-state index in [9.17, 15) is 0 Å². The molecule has 0 amide bonds. The maximum absolute atomic E-state index is 4.85. The van der Waals surface area contributed by atoms with E-state index in [0.717, 1.165) is 5.69 Å². The van der Waals surface area contributed by atoms with E-state index in [1.807, 2.05) is 0 Å². The Hall–Kier alpha value is -2.15. The highest BCUT2D eigenvalue weighted by molar-refractivity contribution is 6.17. The summed E-state index contributed by atoms with van der Waals surface area (Å²) in [6.07, 6.45) is 4.50. The third kappa shape index (κ3) is 1.09. The highest BCUT2D eigenvalue weighted by Gasteiger charge is 2.39. The lowest BCUT2D eigenvalue weighted by Gasteiger charge is -2.28. The van der Waals surface area contributed by atoms with Crippen LogP contribution in [0.2, 0.25) is 0 Å². The van der Waals surface area contributed by atoms with Gasteiger partial charge >= 0.3 is 0 Å². The summed E-state index contributed by atoms with van der Waals surface area (Å²) in [4.78, 5) is 4.85. The van der Waals surface area contributed by atoms with E-state index in [1.54, 1.807) is 0 Å². The number of rotatable bonds is 0. The Balaban J connectivity index is 2.05. The molecule has 1 heteroatoms. The molecule has 86 valence electrons. The van der Waals surface area contributed by atoms with E-state index in [2.05, 4.69) is 67.6 Å². The maximum atomic E-state index is 4.85. The molecule has 1 atom stereocenters. The van der Waals surface area contributed by atoms with Gasteiger partial charge in [-0.2, -0.15) is 0 Å². The third-order valence-corrected chi connectivity index (χ3v) is 4.00. The van der Waals surface area contributed by atoms with Gasteiger partial charge in [-0.25, -0.2) is 0 Å². The monoisotopic (exact) mass is 231 g/mol. The molecule has 4 rings (SSSR count). The van der Waals surface area contributed by atoms with Crippen molar-refractivity contribution in [1.29, 1.82) is 0 Å². The van der Waals surface area contributed by atoms with Crippen molar-refractivity contribution in [2.75, 3.05) is 0 Å². The summed E-state index contributed by atoms with van der Waals surface area (Å²) in [6.45, 7) is 2.25. The van der Waals surface area contributed by atoms with Gasteiger partial charge in [-0.3, -0.25) is 4.99 Å². The number of para-hydroxylation sites is 1. The van der Waals surface area contributed by atoms with Crippen LogP contribution in [0.3, 0.4) is 0 Å². The molecule has 0 aromatic heterocycles. The van der Waals surface area contributed by atoms with Crippen molar-refractivity contribution < 1.29 is 0 Å². The molecule has 2 aliphatic rings. The van der Waals surface area contributed by atoms with Gasteiger partial charge in [0.2, 0.25) is 0 Å². The molecule has 0 saturated heterocycles. The molecule has 0 radical (unpaired) electrons. The molecule has 0 saturated carbocycles. The van der Waals surface area contributed by atoms with Crippen LogP contribution in [0.15, 0.2) is 59.6 Å². The summed E-state index contributed by atoms with van der Waals surface area (Å²) in [5.41, 5.74) is 6.06. The van der Waals surface area contributed by atoms with Crippen LogP contribution < -0.4 is 0 Å². The van der Waals surface area contributed by atoms with Gasteiger partial charge in [0.25, 0.3) is 0 Å². The van der Waals surface area contributed by atoms with Crippen LogP contribution in [-0.2, 0) is 5.41 Å². The Morgan fingerprint density at radius 3 is 2.67 bits per heavy atom. The van der Waals surface area contributed by atoms with Gasteiger partial charge < -0.3 is 0 Å². The van der Waals surface area contributed by atoms with E-state index in [1.165, 1.54) is 22.4 Å². The number of hydrogen-bond donors (Lipinski definition) is 0. The lowest BCUT2D eigenvalue weighted by molar-refractivity contribution is 0.832. The molecular weight excluding hydrogens is 218 g/mol. The van der Waals surface area contributed by atoms with Crippen LogP contribution in [0.5, 0.6) is 0 Å². The summed E-state index contributed by atoms with van der Waals surface area (Å²) in [5.74, 6) is 0. The second kappa shape index (κ2) is 3.20. The average molecular weight is 231 g/mol. The maximum Gasteiger partial charge on any atom is 0.0678 e. The van der Waals surface area contributed by atoms with E-state index in [-0.39, 0.29) is 5.41 Å². The number of hydrogen-bond acceptors (Lipinski definition) is 1. The van der Waals surface area contributed by atoms with Crippen LogP contribution in [0.1, 0.15) is 23.6 Å². The third-order valence-electron chi connectivity index (χ3n) is 4.00. The molecule has 0 bridgehead atoms. The SMILES string of the molecule is C[C@]12C=Cc3ccccc3C1=Nc1ccccc12. The molecule has 0 fully saturated rings. The average Bonchev–Trinajstić information content (AvgIpc) is 2.73. The van der Waals surface area contributed by atoms with Gasteiger partial charge in [0, 0.05) is 5.56 Å². The quantitative estimate of drug-likeness (QED) is 0.647. The zero-order valence-corrected chi connectivity index (χ0v) is 10.2. The minimum atomic E-state index is -0.0645. The van der Waals surface area contributed by atoms with Gasteiger partial charge in [0.1, 0.15) is 0 Å². The van der Waals surface area contributed by atoms with Crippen LogP contribution in [-0.4, -0.2) is 5.71 Å². The standard InChI is InChI=1S/C17H13N/c1-17-11-10-12-6-2-3-7-13(12)16(17)18-15-9-5-4-8-14(15)17/h2-11H,1H3/t17-/m1/s1. The number of fused-ring (bicyclic) bond motifs is 5. The molecular formula is C17H13N. The smallest absolute Gasteiger partial charge is 0.0678 e. The Morgan fingerprint density at radius 2 is 1.72 bits per heavy atom. The van der Waals surface area contributed by atoms with Gasteiger partial charge in [-0.15, -0.1) is 0 Å². The fourth-order valence-corrected chi connectivity index (χ4v) is 3.00. The van der Waals surface area contributed by atoms with Crippen molar-refractivity contribution >= 4 is 17.5 Å². The summed E-state index contributed by atoms with van der Waals surface area (Å²) >= 11 is 0. The Morgan fingerprint density at radius 1 is 0.944 bits per heavy atom. The molecule has 2 aromatic rings. The summed E-state index contributed by atoms with van der Waals surface area (Å²) < 4.78 is 0. The topological polar surface area (TPSA) is 12.4 Å². The molecule has 18 heavy (non-hydrogen) atoms.